The first-order chi connectivity index (χ1) is 8.47. The van der Waals surface area contributed by atoms with Gasteiger partial charge >= 0.3 is 5.97 Å². The van der Waals surface area contributed by atoms with Crippen LogP contribution < -0.4 is 10.6 Å². The molecule has 2 unspecified atom stereocenters. The average Bonchev–Trinajstić information content (AvgIpc) is 2.27. The number of hydrogen-bond donors (Lipinski definition) is 2. The molecule has 0 aliphatic carbocycles. The van der Waals surface area contributed by atoms with E-state index in [1.54, 1.807) is 18.2 Å². The number of carboxylic acid groups (broad SMARTS) is 1. The van der Waals surface area contributed by atoms with Crippen LogP contribution in [0.1, 0.15) is 24.2 Å². The summed E-state index contributed by atoms with van der Waals surface area (Å²) in [6.45, 7) is 5.31. The molecule has 1 saturated heterocycles. The number of rotatable bonds is 2. The Kier molecular flexibility index (Phi) is 3.43. The van der Waals surface area contributed by atoms with Crippen molar-refractivity contribution in [2.75, 3.05) is 23.7 Å². The van der Waals surface area contributed by atoms with Crippen LogP contribution >= 0.6 is 0 Å². The predicted molar refractivity (Wildman–Crippen MR) is 70.0 cm³/mol. The number of hydrogen-bond acceptors (Lipinski definition) is 4. The quantitative estimate of drug-likeness (QED) is 0.779. The van der Waals surface area contributed by atoms with E-state index in [0.717, 1.165) is 0 Å². The van der Waals surface area contributed by atoms with E-state index >= 15 is 0 Å². The van der Waals surface area contributed by atoms with Gasteiger partial charge in [0.25, 0.3) is 0 Å². The minimum Gasteiger partial charge on any atom is -0.478 e. The highest BCUT2D eigenvalue weighted by Gasteiger charge is 2.25. The highest BCUT2D eigenvalue weighted by Crippen LogP contribution is 2.26. The van der Waals surface area contributed by atoms with E-state index in [0.29, 0.717) is 24.5 Å². The van der Waals surface area contributed by atoms with Gasteiger partial charge < -0.3 is 20.5 Å². The van der Waals surface area contributed by atoms with Gasteiger partial charge in [0.05, 0.1) is 23.5 Å². The van der Waals surface area contributed by atoms with Gasteiger partial charge in [-0.15, -0.1) is 0 Å². The molecule has 5 heteroatoms. The molecule has 3 N–H and O–H groups in total. The minimum absolute atomic E-state index is 0.0804. The van der Waals surface area contributed by atoms with Crippen LogP contribution in [0.2, 0.25) is 0 Å². The Morgan fingerprint density at radius 3 is 2.56 bits per heavy atom. The lowest BCUT2D eigenvalue weighted by molar-refractivity contribution is -0.00531. The molecular formula is C13H18N2O3. The molecule has 0 amide bonds. The topological polar surface area (TPSA) is 75.8 Å². The van der Waals surface area contributed by atoms with E-state index in [4.69, 9.17) is 10.5 Å². The number of benzene rings is 1. The third-order valence-corrected chi connectivity index (χ3v) is 3.01. The fourth-order valence-electron chi connectivity index (χ4n) is 2.37. The summed E-state index contributed by atoms with van der Waals surface area (Å²) in [5.74, 6) is -0.934. The SMILES string of the molecule is CC1CN(c2cc(N)ccc2C(=O)O)CC(C)O1. The molecule has 1 heterocycles. The molecule has 5 nitrogen and oxygen atoms in total. The number of nitrogens with zero attached hydrogens (tertiary/aromatic N) is 1. The lowest BCUT2D eigenvalue weighted by Crippen LogP contribution is -2.46. The van der Waals surface area contributed by atoms with Crippen LogP contribution in [0.3, 0.4) is 0 Å². The summed E-state index contributed by atoms with van der Waals surface area (Å²) < 4.78 is 5.65. The summed E-state index contributed by atoms with van der Waals surface area (Å²) in [6.07, 6.45) is 0.161. The Morgan fingerprint density at radius 2 is 2.00 bits per heavy atom. The van der Waals surface area contributed by atoms with Gasteiger partial charge in [0, 0.05) is 18.8 Å². The Labute approximate surface area is 106 Å². The third-order valence-electron chi connectivity index (χ3n) is 3.01. The molecule has 1 aromatic carbocycles. The minimum atomic E-state index is -0.934. The van der Waals surface area contributed by atoms with Crippen molar-refractivity contribution in [2.45, 2.75) is 26.1 Å². The number of nitrogens with two attached hydrogens (primary N) is 1. The highest BCUT2D eigenvalue weighted by molar-refractivity contribution is 5.95. The molecule has 18 heavy (non-hydrogen) atoms. The van der Waals surface area contributed by atoms with Crippen LogP contribution in [0.4, 0.5) is 11.4 Å². The fraction of sp³-hybridized carbons (Fsp3) is 0.462. The van der Waals surface area contributed by atoms with Crippen molar-refractivity contribution in [1.29, 1.82) is 0 Å². The summed E-state index contributed by atoms with van der Waals surface area (Å²) in [7, 11) is 0. The van der Waals surface area contributed by atoms with Crippen molar-refractivity contribution in [3.05, 3.63) is 23.8 Å². The normalized spacial score (nSPS) is 24.0. The highest BCUT2D eigenvalue weighted by atomic mass is 16.5. The third kappa shape index (κ3) is 2.56. The number of anilines is 2. The number of nitrogen functional groups attached to an aromatic ring is 1. The second-order valence-corrected chi connectivity index (χ2v) is 4.74. The summed E-state index contributed by atoms with van der Waals surface area (Å²) in [5, 5.41) is 9.22. The molecule has 0 spiro atoms. The Bertz CT molecular complexity index is 452. The van der Waals surface area contributed by atoms with Gasteiger partial charge in [-0.1, -0.05) is 0 Å². The lowest BCUT2D eigenvalue weighted by Gasteiger charge is -2.37. The number of ether oxygens (including phenoxy) is 1. The zero-order chi connectivity index (χ0) is 13.3. The largest absolute Gasteiger partial charge is 0.478 e. The number of aromatic carboxylic acids is 1. The van der Waals surface area contributed by atoms with E-state index in [9.17, 15) is 9.90 Å². The van der Waals surface area contributed by atoms with Gasteiger partial charge in [0.1, 0.15) is 0 Å². The maximum Gasteiger partial charge on any atom is 0.337 e. The van der Waals surface area contributed by atoms with Gasteiger partial charge in [0.2, 0.25) is 0 Å². The van der Waals surface area contributed by atoms with Gasteiger partial charge in [-0.2, -0.15) is 0 Å². The Balaban J connectivity index is 2.36. The first kappa shape index (κ1) is 12.7. The van der Waals surface area contributed by atoms with E-state index in [-0.39, 0.29) is 17.8 Å². The van der Waals surface area contributed by atoms with Crippen LogP contribution in [-0.2, 0) is 4.74 Å². The van der Waals surface area contributed by atoms with Gasteiger partial charge in [0.15, 0.2) is 0 Å². The first-order valence-electron chi connectivity index (χ1n) is 6.00. The molecule has 1 aliphatic rings. The fourth-order valence-corrected chi connectivity index (χ4v) is 2.37. The number of morpholine rings is 1. The zero-order valence-corrected chi connectivity index (χ0v) is 10.6. The monoisotopic (exact) mass is 250 g/mol. The van der Waals surface area contributed by atoms with Crippen LogP contribution in [0.5, 0.6) is 0 Å². The molecule has 1 aromatic rings. The van der Waals surface area contributed by atoms with Crippen molar-refractivity contribution >= 4 is 17.3 Å². The number of carboxylic acids is 1. The Hall–Kier alpha value is -1.75. The second kappa shape index (κ2) is 4.86. The first-order valence-corrected chi connectivity index (χ1v) is 6.00. The standard InChI is InChI=1S/C13H18N2O3/c1-8-6-15(7-9(2)18-8)12-5-10(14)3-4-11(12)13(16)17/h3-5,8-9H,6-7,14H2,1-2H3,(H,16,17). The van der Waals surface area contributed by atoms with Crippen LogP contribution in [0, 0.1) is 0 Å². The summed E-state index contributed by atoms with van der Waals surface area (Å²) in [6, 6.07) is 4.88. The van der Waals surface area contributed by atoms with Gasteiger partial charge in [-0.05, 0) is 32.0 Å². The van der Waals surface area contributed by atoms with Crippen LogP contribution in [-0.4, -0.2) is 36.4 Å². The van der Waals surface area contributed by atoms with E-state index in [2.05, 4.69) is 0 Å². The van der Waals surface area contributed by atoms with Crippen molar-refractivity contribution in [3.8, 4) is 0 Å². The zero-order valence-electron chi connectivity index (χ0n) is 10.6. The second-order valence-electron chi connectivity index (χ2n) is 4.74. The molecule has 98 valence electrons. The van der Waals surface area contributed by atoms with E-state index in [1.165, 1.54) is 0 Å². The molecule has 2 rings (SSSR count). The maximum absolute atomic E-state index is 11.2. The molecule has 0 bridgehead atoms. The van der Waals surface area contributed by atoms with Crippen molar-refractivity contribution in [1.82, 2.24) is 0 Å². The smallest absolute Gasteiger partial charge is 0.337 e. The average molecular weight is 250 g/mol. The van der Waals surface area contributed by atoms with Crippen LogP contribution in [0.25, 0.3) is 0 Å². The van der Waals surface area contributed by atoms with Crippen molar-refractivity contribution in [3.63, 3.8) is 0 Å². The maximum atomic E-state index is 11.2. The van der Waals surface area contributed by atoms with E-state index in [1.807, 2.05) is 18.7 Å². The molecular weight excluding hydrogens is 232 g/mol. The van der Waals surface area contributed by atoms with E-state index < -0.39 is 5.97 Å². The van der Waals surface area contributed by atoms with Gasteiger partial charge in [-0.3, -0.25) is 0 Å². The van der Waals surface area contributed by atoms with Crippen LogP contribution in [0.15, 0.2) is 18.2 Å². The predicted octanol–water partition coefficient (Wildman–Crippen LogP) is 1.58. The van der Waals surface area contributed by atoms with Crippen molar-refractivity contribution in [2.24, 2.45) is 0 Å². The summed E-state index contributed by atoms with van der Waals surface area (Å²) in [5.41, 5.74) is 7.28. The summed E-state index contributed by atoms with van der Waals surface area (Å²) >= 11 is 0. The number of carbonyl (C=O) groups is 1. The molecule has 2 atom stereocenters. The van der Waals surface area contributed by atoms with Gasteiger partial charge in [-0.25, -0.2) is 4.79 Å². The summed E-state index contributed by atoms with van der Waals surface area (Å²) in [4.78, 5) is 13.3. The molecule has 0 aromatic heterocycles. The molecule has 0 saturated carbocycles. The molecule has 0 radical (unpaired) electrons. The lowest BCUT2D eigenvalue weighted by atomic mass is 10.1. The van der Waals surface area contributed by atoms with Crippen molar-refractivity contribution < 1.29 is 14.6 Å². The molecule has 1 aliphatic heterocycles. The molecule has 1 fully saturated rings. The Morgan fingerprint density at radius 1 is 1.39 bits per heavy atom.